The summed E-state index contributed by atoms with van der Waals surface area (Å²) in [5.41, 5.74) is 0. The summed E-state index contributed by atoms with van der Waals surface area (Å²) in [5.74, 6) is -6.10. The molecule has 3 rings (SSSR count). The van der Waals surface area contributed by atoms with E-state index < -0.39 is 148 Å². The standard InChI is InChI=1S/C55H102N2O21/c1-4-6-8-10-12-14-16-17-18-19-20-22-24-26-28-37(62)36(57-42(65)29-27-25-23-21-15-13-11-9-7-5-2)34-73-52-47(69)46(68)49(41(33-60)75-52)76-53-48(70)51(45(67)40(32-59)74-53)78-55(54(71)72)30-38(63)43(56-35(3)61)50(77-55)44(66)39(64)31-58/h36-41,43-53,58-60,62-64,66-70H,4-34H2,1-3H3,(H,56,61)(H,57,65)(H,71,72). The lowest BCUT2D eigenvalue weighted by molar-refractivity contribution is -0.386. The molecule has 2 amide bonds. The molecule has 0 aromatic carbocycles. The Kier molecular flexibility index (Phi) is 34.5. The third-order valence-corrected chi connectivity index (χ3v) is 15.3. The third-order valence-electron chi connectivity index (χ3n) is 15.3. The Labute approximate surface area is 461 Å². The Hall–Kier alpha value is -2.27. The SMILES string of the molecule is CCCCCCCCCCCCCCCCC(O)C(COC1OC(CO)C(OC2OC(CO)C(O)C(OC3(C(=O)O)CC(O)C(NC(C)=O)C(C(O)C(O)CO)O3)C2O)C(O)C1O)NC(=O)CCCCCCCCCCCC. The predicted octanol–water partition coefficient (Wildman–Crippen LogP) is 1.83. The first kappa shape index (κ1) is 70.0. The average Bonchev–Trinajstić information content (AvgIpc) is 3.49. The lowest BCUT2D eigenvalue weighted by Gasteiger charge is -2.50. The molecule has 3 fully saturated rings. The first-order chi connectivity index (χ1) is 37.4. The molecule has 3 heterocycles. The zero-order valence-electron chi connectivity index (χ0n) is 46.8. The largest absolute Gasteiger partial charge is 0.477 e. The lowest BCUT2D eigenvalue weighted by atomic mass is 9.88. The van der Waals surface area contributed by atoms with Gasteiger partial charge in [-0.05, 0) is 12.8 Å². The molecule has 0 aromatic heterocycles. The summed E-state index contributed by atoms with van der Waals surface area (Å²) in [4.78, 5) is 38.3. The maximum absolute atomic E-state index is 13.3. The fourth-order valence-electron chi connectivity index (χ4n) is 10.5. The van der Waals surface area contributed by atoms with E-state index in [2.05, 4.69) is 24.5 Å². The Balaban J connectivity index is 1.68. The average molecular weight is 1130 g/mol. The van der Waals surface area contributed by atoms with E-state index in [0.29, 0.717) is 19.3 Å². The van der Waals surface area contributed by atoms with Gasteiger partial charge < -0.3 is 100 Å². The van der Waals surface area contributed by atoms with Crippen LogP contribution in [0.3, 0.4) is 0 Å². The van der Waals surface area contributed by atoms with Crippen molar-refractivity contribution in [2.75, 3.05) is 26.4 Å². The summed E-state index contributed by atoms with van der Waals surface area (Å²) < 4.78 is 34.7. The van der Waals surface area contributed by atoms with Crippen LogP contribution in [0.5, 0.6) is 0 Å². The van der Waals surface area contributed by atoms with Gasteiger partial charge in [-0.25, -0.2) is 4.79 Å². The monoisotopic (exact) mass is 1130 g/mol. The predicted molar refractivity (Wildman–Crippen MR) is 283 cm³/mol. The van der Waals surface area contributed by atoms with Gasteiger partial charge in [-0.15, -0.1) is 0 Å². The molecule has 0 spiro atoms. The second-order valence-corrected chi connectivity index (χ2v) is 21.9. The summed E-state index contributed by atoms with van der Waals surface area (Å²) in [6, 6.07) is -2.52. The number of hydrogen-bond donors (Lipinski definition) is 14. The van der Waals surface area contributed by atoms with Crippen LogP contribution in [0.2, 0.25) is 0 Å². The van der Waals surface area contributed by atoms with Crippen molar-refractivity contribution in [1.82, 2.24) is 10.6 Å². The van der Waals surface area contributed by atoms with Crippen molar-refractivity contribution < 1.29 is 104 Å². The van der Waals surface area contributed by atoms with Crippen LogP contribution in [0.25, 0.3) is 0 Å². The number of carboxylic acids is 1. The number of unbranched alkanes of at least 4 members (excludes halogenated alkanes) is 22. The van der Waals surface area contributed by atoms with E-state index in [9.17, 15) is 75.7 Å². The Bertz CT molecular complexity index is 1620. The molecule has 3 saturated heterocycles. The minimum Gasteiger partial charge on any atom is -0.477 e. The number of aliphatic hydroxyl groups is 11. The van der Waals surface area contributed by atoms with E-state index >= 15 is 0 Å². The van der Waals surface area contributed by atoms with Crippen molar-refractivity contribution in [1.29, 1.82) is 0 Å². The van der Waals surface area contributed by atoms with E-state index in [1.165, 1.54) is 89.9 Å². The van der Waals surface area contributed by atoms with Crippen molar-refractivity contribution in [3.8, 4) is 0 Å². The van der Waals surface area contributed by atoms with E-state index in [1.807, 2.05) is 0 Å². The maximum Gasteiger partial charge on any atom is 0.364 e. The number of carbonyl (C=O) groups is 3. The Morgan fingerprint density at radius 2 is 1.12 bits per heavy atom. The molecule has 23 nitrogen and oxygen atoms in total. The van der Waals surface area contributed by atoms with Gasteiger partial charge in [-0.2, -0.15) is 0 Å². The highest BCUT2D eigenvalue weighted by Crippen LogP contribution is 2.38. The fourth-order valence-corrected chi connectivity index (χ4v) is 10.5. The van der Waals surface area contributed by atoms with Crippen LogP contribution in [0.4, 0.5) is 0 Å². The van der Waals surface area contributed by atoms with E-state index in [0.717, 1.165) is 58.3 Å². The fraction of sp³-hybridized carbons (Fsp3) is 0.945. The molecule has 78 heavy (non-hydrogen) atoms. The second-order valence-electron chi connectivity index (χ2n) is 21.9. The molecule has 458 valence electrons. The lowest BCUT2D eigenvalue weighted by Crippen LogP contribution is -2.70. The normalized spacial score (nSPS) is 31.1. The van der Waals surface area contributed by atoms with Crippen molar-refractivity contribution in [3.63, 3.8) is 0 Å². The van der Waals surface area contributed by atoms with Crippen molar-refractivity contribution in [3.05, 3.63) is 0 Å². The number of aliphatic carboxylic acids is 1. The minimum absolute atomic E-state index is 0.227. The molecule has 0 aliphatic carbocycles. The highest BCUT2D eigenvalue weighted by atomic mass is 16.8. The van der Waals surface area contributed by atoms with Gasteiger partial charge in [0.05, 0.1) is 50.7 Å². The molecule has 3 aliphatic rings. The number of aliphatic hydroxyl groups excluding tert-OH is 11. The summed E-state index contributed by atoms with van der Waals surface area (Å²) in [6.45, 7) is 2.14. The van der Waals surface area contributed by atoms with Gasteiger partial charge in [0.25, 0.3) is 5.79 Å². The van der Waals surface area contributed by atoms with E-state index in [-0.39, 0.29) is 18.9 Å². The smallest absolute Gasteiger partial charge is 0.364 e. The first-order valence-electron chi connectivity index (χ1n) is 29.4. The molecule has 18 unspecified atom stereocenters. The molecule has 0 bridgehead atoms. The van der Waals surface area contributed by atoms with E-state index in [4.69, 9.17) is 28.4 Å². The number of ether oxygens (including phenoxy) is 6. The van der Waals surface area contributed by atoms with E-state index in [1.54, 1.807) is 0 Å². The van der Waals surface area contributed by atoms with Crippen molar-refractivity contribution in [2.24, 2.45) is 0 Å². The Morgan fingerprint density at radius 1 is 0.615 bits per heavy atom. The van der Waals surface area contributed by atoms with Crippen molar-refractivity contribution >= 4 is 17.8 Å². The number of carbonyl (C=O) groups excluding carboxylic acids is 2. The van der Waals surface area contributed by atoms with Gasteiger partial charge >= 0.3 is 5.97 Å². The van der Waals surface area contributed by atoms with Gasteiger partial charge in [0.15, 0.2) is 12.6 Å². The zero-order valence-corrected chi connectivity index (χ0v) is 46.8. The molecule has 3 aliphatic heterocycles. The van der Waals surface area contributed by atoms with Crippen LogP contribution in [0, 0.1) is 0 Å². The van der Waals surface area contributed by atoms with Crippen LogP contribution in [0.1, 0.15) is 194 Å². The Morgan fingerprint density at radius 3 is 1.60 bits per heavy atom. The van der Waals surface area contributed by atoms with Gasteiger partial charge in [-0.1, -0.05) is 162 Å². The van der Waals surface area contributed by atoms with Crippen LogP contribution >= 0.6 is 0 Å². The number of carboxylic acid groups (broad SMARTS) is 1. The van der Waals surface area contributed by atoms with Crippen LogP contribution in [0.15, 0.2) is 0 Å². The number of hydrogen-bond acceptors (Lipinski definition) is 20. The molecular formula is C55H102N2O21. The van der Waals surface area contributed by atoms with Gasteiger partial charge in [-0.3, -0.25) is 9.59 Å². The second kappa shape index (κ2) is 38.5. The number of amides is 2. The molecular weight excluding hydrogens is 1020 g/mol. The molecule has 0 radical (unpaired) electrons. The maximum atomic E-state index is 13.3. The summed E-state index contributed by atoms with van der Waals surface area (Å²) in [6.07, 6.45) is -1.36. The van der Waals surface area contributed by atoms with Crippen molar-refractivity contribution in [2.45, 2.75) is 304 Å². The van der Waals surface area contributed by atoms with Crippen LogP contribution in [-0.4, -0.2) is 215 Å². The van der Waals surface area contributed by atoms with Crippen LogP contribution in [-0.2, 0) is 42.8 Å². The van der Waals surface area contributed by atoms with Crippen LogP contribution < -0.4 is 10.6 Å². The summed E-state index contributed by atoms with van der Waals surface area (Å²) in [7, 11) is 0. The highest BCUT2D eigenvalue weighted by molar-refractivity contribution is 5.77. The molecule has 14 N–H and O–H groups in total. The van der Waals surface area contributed by atoms with Gasteiger partial charge in [0, 0.05) is 19.8 Å². The van der Waals surface area contributed by atoms with Gasteiger partial charge in [0.1, 0.15) is 67.1 Å². The molecule has 23 heteroatoms. The first-order valence-corrected chi connectivity index (χ1v) is 29.4. The summed E-state index contributed by atoms with van der Waals surface area (Å²) >= 11 is 0. The quantitative estimate of drug-likeness (QED) is 0.0388. The third kappa shape index (κ3) is 23.2. The number of nitrogens with one attached hydrogen (secondary N) is 2. The highest BCUT2D eigenvalue weighted by Gasteiger charge is 2.60. The molecule has 0 saturated carbocycles. The molecule has 18 atom stereocenters. The summed E-state index contributed by atoms with van der Waals surface area (Å²) in [5, 5.41) is 135. The molecule has 0 aromatic rings. The minimum atomic E-state index is -3.07. The topological polar surface area (TPSA) is 373 Å². The number of rotatable bonds is 42. The zero-order chi connectivity index (χ0) is 57.6. The van der Waals surface area contributed by atoms with Gasteiger partial charge in [0.2, 0.25) is 11.8 Å².